The summed E-state index contributed by atoms with van der Waals surface area (Å²) < 4.78 is 0. The van der Waals surface area contributed by atoms with Crippen molar-refractivity contribution in [2.75, 3.05) is 12.8 Å². The van der Waals surface area contributed by atoms with Gasteiger partial charge >= 0.3 is 0 Å². The molecule has 2 aromatic rings. The van der Waals surface area contributed by atoms with Gasteiger partial charge in [-0.1, -0.05) is 72.6 Å². The van der Waals surface area contributed by atoms with Crippen LogP contribution in [0.3, 0.4) is 0 Å². The van der Waals surface area contributed by atoms with Crippen LogP contribution in [0.25, 0.3) is 11.6 Å². The molecule has 0 fully saturated rings. The lowest BCUT2D eigenvalue weighted by Gasteiger charge is -2.13. The molecule has 1 atom stereocenters. The summed E-state index contributed by atoms with van der Waals surface area (Å²) in [6.45, 7) is 12.5. The molecule has 114 valence electrons. The Labute approximate surface area is 139 Å². The molecule has 0 spiro atoms. The van der Waals surface area contributed by atoms with E-state index in [1.807, 2.05) is 17.5 Å². The predicted molar refractivity (Wildman–Crippen MR) is 105 cm³/mol. The molecular formula is C20H23PS. The van der Waals surface area contributed by atoms with Crippen molar-refractivity contribution in [1.29, 1.82) is 0 Å². The minimum atomic E-state index is -0.0590. The third-order valence-corrected chi connectivity index (χ3v) is 7.33. The molecule has 0 amide bonds. The largest absolute Gasteiger partial charge is 0.0989 e. The fourth-order valence-corrected chi connectivity index (χ4v) is 5.40. The minimum Gasteiger partial charge on any atom is -0.0989 e. The van der Waals surface area contributed by atoms with Gasteiger partial charge in [0, 0.05) is 4.90 Å². The molecule has 0 aromatic heterocycles. The lowest BCUT2D eigenvalue weighted by atomic mass is 10.0. The topological polar surface area (TPSA) is 0 Å². The number of rotatable bonds is 7. The van der Waals surface area contributed by atoms with Gasteiger partial charge in [-0.05, 0) is 62.1 Å². The number of aryl methyl sites for hydroxylation is 1. The van der Waals surface area contributed by atoms with Crippen molar-refractivity contribution in [3.05, 3.63) is 78.4 Å². The maximum absolute atomic E-state index is 4.25. The molecule has 0 nitrogen and oxygen atoms in total. The van der Waals surface area contributed by atoms with E-state index in [1.165, 1.54) is 27.8 Å². The summed E-state index contributed by atoms with van der Waals surface area (Å²) in [4.78, 5) is 1.38. The maximum Gasteiger partial charge on any atom is 0.0116 e. The summed E-state index contributed by atoms with van der Waals surface area (Å²) in [5.41, 5.74) is 4.95. The number of hydrogen-bond acceptors (Lipinski definition) is 1. The van der Waals surface area contributed by atoms with Crippen LogP contribution in [-0.2, 0) is 0 Å². The first kappa shape index (κ1) is 17.1. The highest BCUT2D eigenvalue weighted by Gasteiger charge is 2.06. The first-order valence-corrected chi connectivity index (χ1v) is 10.8. The lowest BCUT2D eigenvalue weighted by molar-refractivity contribution is 1.26. The normalized spacial score (nSPS) is 11.9. The van der Waals surface area contributed by atoms with Crippen molar-refractivity contribution in [3.8, 4) is 0 Å². The van der Waals surface area contributed by atoms with E-state index in [0.29, 0.717) is 0 Å². The summed E-state index contributed by atoms with van der Waals surface area (Å²) in [7, 11) is -0.0590. The minimum absolute atomic E-state index is 0.0590. The van der Waals surface area contributed by atoms with Crippen LogP contribution < -0.4 is 0 Å². The second-order valence-electron chi connectivity index (χ2n) is 5.44. The van der Waals surface area contributed by atoms with Gasteiger partial charge in [-0.3, -0.25) is 0 Å². The van der Waals surface area contributed by atoms with Crippen LogP contribution >= 0.6 is 18.5 Å². The number of hydrogen-bond donors (Lipinski definition) is 0. The molecule has 22 heavy (non-hydrogen) atoms. The Kier molecular flexibility index (Phi) is 6.49. The summed E-state index contributed by atoms with van der Waals surface area (Å²) in [6.07, 6.45) is 4.14. The zero-order valence-corrected chi connectivity index (χ0v) is 15.1. The second kappa shape index (κ2) is 8.36. The van der Waals surface area contributed by atoms with Crippen LogP contribution in [0.1, 0.15) is 23.1 Å². The Morgan fingerprint density at radius 3 is 2.32 bits per heavy atom. The van der Waals surface area contributed by atoms with Gasteiger partial charge in [0.25, 0.3) is 0 Å². The summed E-state index contributed by atoms with van der Waals surface area (Å²) in [5.74, 6) is 0. The van der Waals surface area contributed by atoms with Crippen LogP contribution in [0.15, 0.2) is 66.6 Å². The van der Waals surface area contributed by atoms with Crippen molar-refractivity contribution in [1.82, 2.24) is 0 Å². The quantitative estimate of drug-likeness (QED) is 0.501. The lowest BCUT2D eigenvalue weighted by Crippen LogP contribution is -1.87. The van der Waals surface area contributed by atoms with Gasteiger partial charge in [0.2, 0.25) is 0 Å². The van der Waals surface area contributed by atoms with Crippen molar-refractivity contribution in [2.24, 2.45) is 0 Å². The second-order valence-corrected chi connectivity index (χ2v) is 10.2. The smallest absolute Gasteiger partial charge is 0.0116 e. The van der Waals surface area contributed by atoms with Crippen molar-refractivity contribution >= 4 is 30.2 Å². The molecule has 1 unspecified atom stereocenters. The van der Waals surface area contributed by atoms with E-state index < -0.39 is 0 Å². The molecule has 0 aliphatic rings. The molecule has 0 aliphatic carbocycles. The van der Waals surface area contributed by atoms with Crippen LogP contribution in [0, 0.1) is 6.92 Å². The van der Waals surface area contributed by atoms with Crippen molar-refractivity contribution in [3.63, 3.8) is 0 Å². The highest BCUT2D eigenvalue weighted by atomic mass is 32.7. The van der Waals surface area contributed by atoms with E-state index in [4.69, 9.17) is 0 Å². The Bertz CT molecular complexity index is 626. The van der Waals surface area contributed by atoms with Gasteiger partial charge in [-0.25, -0.2) is 0 Å². The number of allylic oxidation sites excluding steroid dienone is 1. The third kappa shape index (κ3) is 5.16. The molecule has 0 heterocycles. The Balaban J connectivity index is 1.84. The molecule has 0 N–H and O–H groups in total. The van der Waals surface area contributed by atoms with Crippen molar-refractivity contribution < 1.29 is 0 Å². The van der Waals surface area contributed by atoms with Crippen LogP contribution in [-0.4, -0.2) is 12.8 Å². The molecule has 0 aliphatic heterocycles. The van der Waals surface area contributed by atoms with Gasteiger partial charge in [-0.15, -0.1) is 0 Å². The Morgan fingerprint density at radius 2 is 1.73 bits per heavy atom. The molecule has 0 bridgehead atoms. The molecule has 2 rings (SSSR count). The Morgan fingerprint density at radius 1 is 1.09 bits per heavy atom. The van der Waals surface area contributed by atoms with Gasteiger partial charge in [-0.2, -0.15) is 0 Å². The zero-order valence-electron chi connectivity index (χ0n) is 13.4. The molecule has 2 heteroatoms. The van der Waals surface area contributed by atoms with Gasteiger partial charge in [0.05, 0.1) is 0 Å². The standard InChI is InChI=1S/C20H23PS/c1-5-18-8-10-19(11-9-18)17(3)14-15-21(4)22-20-12-6-16(2)7-13-20/h5-13H,1,3,14-15H2,2,4H3. The average Bonchev–Trinajstić information content (AvgIpc) is 2.55. The fourth-order valence-electron chi connectivity index (χ4n) is 2.12. The van der Waals surface area contributed by atoms with Gasteiger partial charge < -0.3 is 0 Å². The van der Waals surface area contributed by atoms with E-state index in [0.717, 1.165) is 12.0 Å². The first-order chi connectivity index (χ1) is 10.6. The highest BCUT2D eigenvalue weighted by molar-refractivity contribution is 8.55. The SMILES string of the molecule is C=Cc1ccc(C(=C)CCP(C)Sc2ccc(C)cc2)cc1. The number of benzene rings is 2. The molecule has 0 saturated heterocycles. The summed E-state index contributed by atoms with van der Waals surface area (Å²) in [5, 5.41) is 0. The molecular weight excluding hydrogens is 303 g/mol. The van der Waals surface area contributed by atoms with Crippen LogP contribution in [0.5, 0.6) is 0 Å². The monoisotopic (exact) mass is 326 g/mol. The fraction of sp³-hybridized carbons (Fsp3) is 0.200. The van der Waals surface area contributed by atoms with E-state index >= 15 is 0 Å². The highest BCUT2D eigenvalue weighted by Crippen LogP contribution is 2.51. The van der Waals surface area contributed by atoms with Crippen LogP contribution in [0.4, 0.5) is 0 Å². The third-order valence-electron chi connectivity index (χ3n) is 3.57. The van der Waals surface area contributed by atoms with Crippen molar-refractivity contribution in [2.45, 2.75) is 18.2 Å². The predicted octanol–water partition coefficient (Wildman–Crippen LogP) is 6.86. The Hall–Kier alpha value is -1.30. The van der Waals surface area contributed by atoms with Gasteiger partial charge in [0.15, 0.2) is 0 Å². The first-order valence-electron chi connectivity index (χ1n) is 7.45. The summed E-state index contributed by atoms with van der Waals surface area (Å²) >= 11 is 2.01. The van der Waals surface area contributed by atoms with E-state index in [1.54, 1.807) is 0 Å². The maximum atomic E-state index is 4.25. The summed E-state index contributed by atoms with van der Waals surface area (Å²) in [6, 6.07) is 17.3. The average molecular weight is 326 g/mol. The molecule has 0 radical (unpaired) electrons. The van der Waals surface area contributed by atoms with E-state index in [9.17, 15) is 0 Å². The van der Waals surface area contributed by atoms with Crippen LogP contribution in [0.2, 0.25) is 0 Å². The molecule has 2 aromatic carbocycles. The molecule has 0 saturated carbocycles. The van der Waals surface area contributed by atoms with E-state index in [-0.39, 0.29) is 7.12 Å². The zero-order chi connectivity index (χ0) is 15.9. The van der Waals surface area contributed by atoms with E-state index in [2.05, 4.69) is 75.3 Å². The van der Waals surface area contributed by atoms with Gasteiger partial charge in [0.1, 0.15) is 0 Å².